The highest BCUT2D eigenvalue weighted by atomic mass is 16.5. The lowest BCUT2D eigenvalue weighted by atomic mass is 9.98. The summed E-state index contributed by atoms with van der Waals surface area (Å²) in [6, 6.07) is 25.2. The van der Waals surface area contributed by atoms with Gasteiger partial charge in [-0.25, -0.2) is 0 Å². The smallest absolute Gasteiger partial charge is 0.323 e. The van der Waals surface area contributed by atoms with Crippen molar-refractivity contribution in [2.24, 2.45) is 5.92 Å². The number of rotatable bonds is 12. The van der Waals surface area contributed by atoms with Crippen molar-refractivity contribution in [3.63, 3.8) is 0 Å². The van der Waals surface area contributed by atoms with Gasteiger partial charge in [0.2, 0.25) is 5.91 Å². The zero-order valence-corrected chi connectivity index (χ0v) is 21.8. The van der Waals surface area contributed by atoms with Crippen LogP contribution in [0.25, 0.3) is 11.1 Å². The van der Waals surface area contributed by atoms with Crippen LogP contribution in [0.15, 0.2) is 78.9 Å². The Hall–Kier alpha value is -3.97. The summed E-state index contributed by atoms with van der Waals surface area (Å²) >= 11 is 0. The van der Waals surface area contributed by atoms with Crippen molar-refractivity contribution in [1.29, 1.82) is 0 Å². The third-order valence-corrected chi connectivity index (χ3v) is 6.73. The topological polar surface area (TPSA) is 93.7 Å². The lowest BCUT2D eigenvalue weighted by molar-refractivity contribution is -0.148. The van der Waals surface area contributed by atoms with Crippen LogP contribution in [0.2, 0.25) is 0 Å². The first-order chi connectivity index (χ1) is 18.5. The lowest BCUT2D eigenvalue weighted by Crippen LogP contribution is -2.46. The van der Waals surface area contributed by atoms with E-state index in [1.54, 1.807) is 13.8 Å². The zero-order valence-electron chi connectivity index (χ0n) is 21.8. The van der Waals surface area contributed by atoms with Gasteiger partial charge in [-0.05, 0) is 41.2 Å². The van der Waals surface area contributed by atoms with E-state index in [2.05, 4.69) is 34.9 Å². The van der Waals surface area contributed by atoms with Crippen LogP contribution < -0.4 is 10.6 Å². The molecule has 0 heterocycles. The SMILES string of the molecule is CCOC(=O)[C@H](Cc1ccccc1)NCC(=O)NC[C@H](C)C(=O)OCC1c2ccccc2-c2ccccc21. The molecule has 3 aromatic carbocycles. The maximum atomic E-state index is 12.7. The number of nitrogens with one attached hydrogen (secondary N) is 2. The maximum absolute atomic E-state index is 12.7. The number of ether oxygens (including phenoxy) is 2. The van der Waals surface area contributed by atoms with E-state index < -0.39 is 17.9 Å². The van der Waals surface area contributed by atoms with E-state index in [9.17, 15) is 14.4 Å². The Morgan fingerprint density at radius 2 is 1.42 bits per heavy atom. The van der Waals surface area contributed by atoms with Gasteiger partial charge in [-0.2, -0.15) is 0 Å². The van der Waals surface area contributed by atoms with Gasteiger partial charge in [0.05, 0.1) is 19.1 Å². The van der Waals surface area contributed by atoms with Gasteiger partial charge in [0, 0.05) is 12.5 Å². The lowest BCUT2D eigenvalue weighted by Gasteiger charge is -2.18. The van der Waals surface area contributed by atoms with Gasteiger partial charge in [0.15, 0.2) is 0 Å². The molecule has 2 atom stereocenters. The highest BCUT2D eigenvalue weighted by Crippen LogP contribution is 2.44. The number of carbonyl (C=O) groups is 3. The summed E-state index contributed by atoms with van der Waals surface area (Å²) in [6.45, 7) is 4.04. The van der Waals surface area contributed by atoms with Gasteiger partial charge in [-0.1, -0.05) is 85.8 Å². The Morgan fingerprint density at radius 3 is 2.05 bits per heavy atom. The maximum Gasteiger partial charge on any atom is 0.323 e. The number of esters is 2. The van der Waals surface area contributed by atoms with E-state index in [-0.39, 0.29) is 44.1 Å². The number of hydrogen-bond donors (Lipinski definition) is 2. The third kappa shape index (κ3) is 6.66. The zero-order chi connectivity index (χ0) is 26.9. The normalized spacial score (nSPS) is 13.6. The molecule has 198 valence electrons. The van der Waals surface area contributed by atoms with Crippen LogP contribution >= 0.6 is 0 Å². The van der Waals surface area contributed by atoms with Crippen molar-refractivity contribution in [1.82, 2.24) is 10.6 Å². The monoisotopic (exact) mass is 514 g/mol. The first-order valence-corrected chi connectivity index (χ1v) is 13.0. The highest BCUT2D eigenvalue weighted by molar-refractivity contribution is 5.82. The van der Waals surface area contributed by atoms with Crippen LogP contribution in [0.1, 0.15) is 36.5 Å². The molecule has 0 radical (unpaired) electrons. The van der Waals surface area contributed by atoms with E-state index in [1.165, 1.54) is 11.1 Å². The van der Waals surface area contributed by atoms with Crippen molar-refractivity contribution in [3.05, 3.63) is 95.6 Å². The third-order valence-electron chi connectivity index (χ3n) is 6.73. The van der Waals surface area contributed by atoms with Gasteiger partial charge in [0.25, 0.3) is 0 Å². The second kappa shape index (κ2) is 13.0. The number of hydrogen-bond acceptors (Lipinski definition) is 6. The van der Waals surface area contributed by atoms with Crippen molar-refractivity contribution < 1.29 is 23.9 Å². The van der Waals surface area contributed by atoms with Crippen LogP contribution in [0.3, 0.4) is 0 Å². The fraction of sp³-hybridized carbons (Fsp3) is 0.323. The van der Waals surface area contributed by atoms with Crippen LogP contribution in [-0.2, 0) is 30.3 Å². The molecule has 2 N–H and O–H groups in total. The Balaban J connectivity index is 1.25. The number of fused-ring (bicyclic) bond motifs is 3. The molecule has 0 spiro atoms. The largest absolute Gasteiger partial charge is 0.465 e. The standard InChI is InChI=1S/C31H34N2O5/c1-3-37-31(36)28(17-22-11-5-4-6-12-22)32-19-29(34)33-18-21(2)30(35)38-20-27-25-15-9-7-13-23(25)24-14-8-10-16-26(24)27/h4-16,21,27-28,32H,3,17-20H2,1-2H3,(H,33,34)/t21-,28-/m0/s1. The molecule has 0 aliphatic heterocycles. The molecule has 0 fully saturated rings. The van der Waals surface area contributed by atoms with Gasteiger partial charge in [-0.15, -0.1) is 0 Å². The summed E-state index contributed by atoms with van der Waals surface area (Å²) in [5.74, 6) is -1.62. The molecule has 0 saturated carbocycles. The van der Waals surface area contributed by atoms with E-state index in [1.807, 2.05) is 54.6 Å². The minimum Gasteiger partial charge on any atom is -0.465 e. The molecule has 1 aliphatic carbocycles. The second-order valence-corrected chi connectivity index (χ2v) is 9.44. The van der Waals surface area contributed by atoms with E-state index >= 15 is 0 Å². The molecule has 38 heavy (non-hydrogen) atoms. The minimum atomic E-state index is -0.650. The van der Waals surface area contributed by atoms with Crippen molar-refractivity contribution in [2.45, 2.75) is 32.2 Å². The summed E-state index contributed by atoms with van der Waals surface area (Å²) in [5.41, 5.74) is 5.61. The Bertz CT molecular complexity index is 1210. The summed E-state index contributed by atoms with van der Waals surface area (Å²) in [4.78, 5) is 37.6. The van der Waals surface area contributed by atoms with E-state index in [0.29, 0.717) is 6.42 Å². The number of amides is 1. The van der Waals surface area contributed by atoms with E-state index in [0.717, 1.165) is 16.7 Å². The number of carbonyl (C=O) groups excluding carboxylic acids is 3. The average molecular weight is 515 g/mol. The predicted molar refractivity (Wildman–Crippen MR) is 145 cm³/mol. The molecule has 1 aliphatic rings. The second-order valence-electron chi connectivity index (χ2n) is 9.44. The van der Waals surface area contributed by atoms with E-state index in [4.69, 9.17) is 9.47 Å². The van der Waals surface area contributed by atoms with Crippen molar-refractivity contribution in [2.75, 3.05) is 26.3 Å². The Kier molecular flexibility index (Phi) is 9.27. The summed E-state index contributed by atoms with van der Waals surface area (Å²) in [7, 11) is 0. The van der Waals surface area contributed by atoms with Gasteiger partial charge in [0.1, 0.15) is 12.6 Å². The highest BCUT2D eigenvalue weighted by Gasteiger charge is 2.29. The van der Waals surface area contributed by atoms with Crippen LogP contribution in [-0.4, -0.2) is 50.2 Å². The molecule has 0 aromatic heterocycles. The quantitative estimate of drug-likeness (QED) is 0.357. The molecule has 3 aromatic rings. The minimum absolute atomic E-state index is 0.0123. The summed E-state index contributed by atoms with van der Waals surface area (Å²) in [6.07, 6.45) is 0.406. The molecular formula is C31H34N2O5. The fourth-order valence-electron chi connectivity index (χ4n) is 4.71. The summed E-state index contributed by atoms with van der Waals surface area (Å²) in [5, 5.41) is 5.74. The number of benzene rings is 3. The molecule has 0 bridgehead atoms. The average Bonchev–Trinajstić information content (AvgIpc) is 3.26. The Labute approximate surface area is 223 Å². The van der Waals surface area contributed by atoms with Crippen LogP contribution in [0.5, 0.6) is 0 Å². The molecule has 4 rings (SSSR count). The molecule has 7 nitrogen and oxygen atoms in total. The molecule has 0 saturated heterocycles. The first kappa shape index (κ1) is 27.1. The van der Waals surface area contributed by atoms with Crippen LogP contribution in [0, 0.1) is 5.92 Å². The van der Waals surface area contributed by atoms with Gasteiger partial charge in [-0.3, -0.25) is 19.7 Å². The van der Waals surface area contributed by atoms with Crippen molar-refractivity contribution >= 4 is 17.8 Å². The Morgan fingerprint density at radius 1 is 0.816 bits per heavy atom. The molecule has 1 amide bonds. The van der Waals surface area contributed by atoms with Gasteiger partial charge >= 0.3 is 11.9 Å². The predicted octanol–water partition coefficient (Wildman–Crippen LogP) is 3.86. The van der Waals surface area contributed by atoms with Gasteiger partial charge < -0.3 is 14.8 Å². The molecule has 7 heteroatoms. The summed E-state index contributed by atoms with van der Waals surface area (Å²) < 4.78 is 10.8. The molecular weight excluding hydrogens is 480 g/mol. The first-order valence-electron chi connectivity index (χ1n) is 13.0. The fourth-order valence-corrected chi connectivity index (χ4v) is 4.71. The van der Waals surface area contributed by atoms with Crippen molar-refractivity contribution in [3.8, 4) is 11.1 Å². The van der Waals surface area contributed by atoms with Crippen LogP contribution in [0.4, 0.5) is 0 Å². The molecule has 0 unspecified atom stereocenters.